The Kier molecular flexibility index (Phi) is 4.55. The Balaban J connectivity index is 1.98. The predicted octanol–water partition coefficient (Wildman–Crippen LogP) is 2.28. The van der Waals surface area contributed by atoms with Gasteiger partial charge in [-0.25, -0.2) is 9.50 Å². The van der Waals surface area contributed by atoms with E-state index in [0.717, 1.165) is 17.9 Å². The van der Waals surface area contributed by atoms with Gasteiger partial charge < -0.3 is 10.4 Å². The van der Waals surface area contributed by atoms with Crippen molar-refractivity contribution >= 4 is 17.4 Å². The summed E-state index contributed by atoms with van der Waals surface area (Å²) in [6, 6.07) is 3.67. The van der Waals surface area contributed by atoms with E-state index in [9.17, 15) is 4.79 Å². The van der Waals surface area contributed by atoms with Crippen molar-refractivity contribution in [1.29, 1.82) is 0 Å². The maximum atomic E-state index is 10.9. The normalized spacial score (nSPS) is 12.8. The number of anilines is 1. The van der Waals surface area contributed by atoms with Crippen LogP contribution < -0.4 is 5.32 Å². The van der Waals surface area contributed by atoms with Crippen LogP contribution >= 0.6 is 0 Å². The van der Waals surface area contributed by atoms with Gasteiger partial charge in [-0.15, -0.1) is 0 Å². The number of aromatic nitrogens is 3. The minimum atomic E-state index is -0.753. The second-order valence-electron chi connectivity index (χ2n) is 5.42. The van der Waals surface area contributed by atoms with E-state index >= 15 is 0 Å². The second-order valence-corrected chi connectivity index (χ2v) is 5.42. The Bertz CT molecular complexity index is 579. The van der Waals surface area contributed by atoms with Crippen LogP contribution in [0.2, 0.25) is 0 Å². The molecule has 0 amide bonds. The first-order valence-electron chi connectivity index (χ1n) is 6.80. The molecule has 2 aromatic rings. The monoisotopic (exact) mass is 276 g/mol. The van der Waals surface area contributed by atoms with Crippen LogP contribution in [0.15, 0.2) is 24.5 Å². The van der Waals surface area contributed by atoms with E-state index in [2.05, 4.69) is 29.2 Å². The summed E-state index contributed by atoms with van der Waals surface area (Å²) in [4.78, 5) is 15.3. The zero-order chi connectivity index (χ0) is 14.5. The van der Waals surface area contributed by atoms with Gasteiger partial charge in [0.1, 0.15) is 5.82 Å². The van der Waals surface area contributed by atoms with Crippen molar-refractivity contribution < 1.29 is 9.90 Å². The Morgan fingerprint density at radius 2 is 2.25 bits per heavy atom. The Labute approximate surface area is 117 Å². The molecule has 108 valence electrons. The molecule has 6 heteroatoms. The van der Waals surface area contributed by atoms with Crippen LogP contribution in [-0.4, -0.2) is 32.2 Å². The van der Waals surface area contributed by atoms with E-state index in [1.807, 2.05) is 18.3 Å². The average Bonchev–Trinajstić information content (AvgIpc) is 2.81. The Morgan fingerprint density at radius 3 is 2.95 bits per heavy atom. The third-order valence-corrected chi connectivity index (χ3v) is 3.10. The standard InChI is InChI=1S/C14H20N4O2/c1-10(2)7-11(8-14(19)20)9-15-12-4-6-18-13(17-12)3-5-16-18/h3-6,10-11H,7-9H2,1-2H3,(H,15,17)(H,19,20). The maximum Gasteiger partial charge on any atom is 0.303 e. The molecule has 0 saturated carbocycles. The smallest absolute Gasteiger partial charge is 0.303 e. The van der Waals surface area contributed by atoms with Crippen molar-refractivity contribution in [2.24, 2.45) is 11.8 Å². The highest BCUT2D eigenvalue weighted by Gasteiger charge is 2.15. The van der Waals surface area contributed by atoms with E-state index in [1.54, 1.807) is 10.7 Å². The van der Waals surface area contributed by atoms with Crippen molar-refractivity contribution in [3.8, 4) is 0 Å². The van der Waals surface area contributed by atoms with Crippen LogP contribution in [-0.2, 0) is 4.79 Å². The van der Waals surface area contributed by atoms with Crippen LogP contribution in [0.25, 0.3) is 5.65 Å². The zero-order valence-corrected chi connectivity index (χ0v) is 11.8. The number of nitrogens with one attached hydrogen (secondary N) is 1. The molecule has 2 aromatic heterocycles. The first kappa shape index (κ1) is 14.3. The molecule has 0 fully saturated rings. The largest absolute Gasteiger partial charge is 0.481 e. The molecule has 20 heavy (non-hydrogen) atoms. The SMILES string of the molecule is CC(C)CC(CNc1ccn2nccc2n1)CC(=O)O. The summed E-state index contributed by atoms with van der Waals surface area (Å²) in [5.41, 5.74) is 0.772. The topological polar surface area (TPSA) is 79.5 Å². The van der Waals surface area contributed by atoms with Crippen molar-refractivity contribution in [1.82, 2.24) is 14.6 Å². The van der Waals surface area contributed by atoms with Crippen LogP contribution in [0.5, 0.6) is 0 Å². The number of carbonyl (C=O) groups is 1. The van der Waals surface area contributed by atoms with E-state index < -0.39 is 5.97 Å². The molecule has 1 atom stereocenters. The fraction of sp³-hybridized carbons (Fsp3) is 0.500. The first-order chi connectivity index (χ1) is 9.54. The summed E-state index contributed by atoms with van der Waals surface area (Å²) in [6.45, 7) is 4.82. The molecule has 0 saturated heterocycles. The lowest BCUT2D eigenvalue weighted by Gasteiger charge is -2.18. The summed E-state index contributed by atoms with van der Waals surface area (Å²) in [5.74, 6) is 0.579. The highest BCUT2D eigenvalue weighted by Crippen LogP contribution is 2.16. The van der Waals surface area contributed by atoms with Gasteiger partial charge in [-0.1, -0.05) is 13.8 Å². The molecule has 0 aliphatic rings. The number of carboxylic acids is 1. The van der Waals surface area contributed by atoms with E-state index in [-0.39, 0.29) is 12.3 Å². The van der Waals surface area contributed by atoms with Crippen LogP contribution in [0, 0.1) is 11.8 Å². The van der Waals surface area contributed by atoms with Crippen LogP contribution in [0.1, 0.15) is 26.7 Å². The summed E-state index contributed by atoms with van der Waals surface area (Å²) >= 11 is 0. The molecular formula is C14H20N4O2. The van der Waals surface area contributed by atoms with Crippen molar-refractivity contribution in [2.75, 3.05) is 11.9 Å². The van der Waals surface area contributed by atoms with Crippen molar-refractivity contribution in [2.45, 2.75) is 26.7 Å². The van der Waals surface area contributed by atoms with E-state index in [4.69, 9.17) is 5.11 Å². The van der Waals surface area contributed by atoms with Gasteiger partial charge in [-0.2, -0.15) is 5.10 Å². The van der Waals surface area contributed by atoms with Crippen LogP contribution in [0.4, 0.5) is 5.82 Å². The molecule has 0 radical (unpaired) electrons. The third-order valence-electron chi connectivity index (χ3n) is 3.10. The number of hydrogen-bond acceptors (Lipinski definition) is 4. The van der Waals surface area contributed by atoms with Gasteiger partial charge in [0.05, 0.1) is 6.20 Å². The number of carboxylic acid groups (broad SMARTS) is 1. The van der Waals surface area contributed by atoms with Gasteiger partial charge in [0, 0.05) is 25.2 Å². The number of rotatable bonds is 7. The van der Waals surface area contributed by atoms with Gasteiger partial charge in [-0.05, 0) is 24.3 Å². The number of nitrogens with zero attached hydrogens (tertiary/aromatic N) is 3. The molecule has 0 bridgehead atoms. The minimum absolute atomic E-state index is 0.107. The predicted molar refractivity (Wildman–Crippen MR) is 76.7 cm³/mol. The van der Waals surface area contributed by atoms with Crippen molar-refractivity contribution in [3.63, 3.8) is 0 Å². The summed E-state index contributed by atoms with van der Waals surface area (Å²) in [7, 11) is 0. The molecule has 2 N–H and O–H groups in total. The number of aliphatic carboxylic acids is 1. The lowest BCUT2D eigenvalue weighted by atomic mass is 9.94. The molecular weight excluding hydrogens is 256 g/mol. The van der Waals surface area contributed by atoms with Gasteiger partial charge in [0.2, 0.25) is 0 Å². The molecule has 0 spiro atoms. The molecule has 0 aliphatic carbocycles. The van der Waals surface area contributed by atoms with Gasteiger partial charge >= 0.3 is 5.97 Å². The van der Waals surface area contributed by atoms with Gasteiger partial charge in [0.25, 0.3) is 0 Å². The molecule has 0 aliphatic heterocycles. The lowest BCUT2D eigenvalue weighted by molar-refractivity contribution is -0.138. The molecule has 2 heterocycles. The summed E-state index contributed by atoms with van der Waals surface area (Å²) in [6.07, 6.45) is 4.59. The molecule has 6 nitrogen and oxygen atoms in total. The summed E-state index contributed by atoms with van der Waals surface area (Å²) in [5, 5.41) is 16.3. The average molecular weight is 276 g/mol. The molecule has 2 rings (SSSR count). The Morgan fingerprint density at radius 1 is 1.45 bits per heavy atom. The first-order valence-corrected chi connectivity index (χ1v) is 6.80. The summed E-state index contributed by atoms with van der Waals surface area (Å²) < 4.78 is 1.69. The van der Waals surface area contributed by atoms with E-state index in [0.29, 0.717) is 12.5 Å². The highest BCUT2D eigenvalue weighted by atomic mass is 16.4. The van der Waals surface area contributed by atoms with E-state index in [1.165, 1.54) is 0 Å². The van der Waals surface area contributed by atoms with Gasteiger partial charge in [0.15, 0.2) is 5.65 Å². The quantitative estimate of drug-likeness (QED) is 0.811. The second kappa shape index (κ2) is 6.36. The fourth-order valence-corrected chi connectivity index (χ4v) is 2.31. The Hall–Kier alpha value is -2.11. The number of hydrogen-bond donors (Lipinski definition) is 2. The maximum absolute atomic E-state index is 10.9. The zero-order valence-electron chi connectivity index (χ0n) is 11.8. The van der Waals surface area contributed by atoms with Gasteiger partial charge in [-0.3, -0.25) is 4.79 Å². The highest BCUT2D eigenvalue weighted by molar-refractivity contribution is 5.67. The van der Waals surface area contributed by atoms with Crippen molar-refractivity contribution in [3.05, 3.63) is 24.5 Å². The minimum Gasteiger partial charge on any atom is -0.481 e. The molecule has 0 aromatic carbocycles. The third kappa shape index (κ3) is 3.94. The molecule has 1 unspecified atom stereocenters. The number of fused-ring (bicyclic) bond motifs is 1. The fourth-order valence-electron chi connectivity index (χ4n) is 2.31. The lowest BCUT2D eigenvalue weighted by Crippen LogP contribution is -2.20. The van der Waals surface area contributed by atoms with Crippen LogP contribution in [0.3, 0.4) is 0 Å².